The normalized spacial score (nSPS) is 10.6. The number of nitrogens with zero attached hydrogens (tertiary/aromatic N) is 1. The molecule has 0 N–H and O–H groups in total. The predicted octanol–water partition coefficient (Wildman–Crippen LogP) is 3.55. The first-order valence-corrected chi connectivity index (χ1v) is 7.06. The van der Waals surface area contributed by atoms with Crippen molar-refractivity contribution < 1.29 is 23.1 Å². The van der Waals surface area contributed by atoms with Crippen molar-refractivity contribution in [1.82, 2.24) is 4.98 Å². The number of pyridine rings is 1. The average Bonchev–Trinajstić information content (AvgIpc) is 2.61. The molecule has 3 aromatic rings. The molecule has 0 bridgehead atoms. The number of halogens is 2. The van der Waals surface area contributed by atoms with Gasteiger partial charge in [-0.25, -0.2) is 18.6 Å². The topological polar surface area (TPSA) is 56.3 Å². The molecule has 6 heteroatoms. The van der Waals surface area contributed by atoms with Gasteiger partial charge in [-0.15, -0.1) is 0 Å². The number of para-hydroxylation sites is 1. The zero-order valence-corrected chi connectivity index (χ0v) is 12.3. The predicted molar refractivity (Wildman–Crippen MR) is 82.7 cm³/mol. The lowest BCUT2D eigenvalue weighted by Crippen LogP contribution is -2.16. The summed E-state index contributed by atoms with van der Waals surface area (Å²) in [4.78, 5) is 28.0. The third-order valence-electron chi connectivity index (χ3n) is 3.37. The summed E-state index contributed by atoms with van der Waals surface area (Å²) in [5.41, 5.74) is 0.171. The fourth-order valence-electron chi connectivity index (χ4n) is 2.17. The van der Waals surface area contributed by atoms with E-state index in [1.165, 1.54) is 6.07 Å². The molecule has 1 heterocycles. The van der Waals surface area contributed by atoms with Crippen LogP contribution < -0.4 is 0 Å². The number of carbonyl (C=O) groups excluding carboxylic acids is 2. The van der Waals surface area contributed by atoms with Gasteiger partial charge >= 0.3 is 5.97 Å². The molecular weight excluding hydrogens is 316 g/mol. The van der Waals surface area contributed by atoms with E-state index in [0.717, 1.165) is 23.6 Å². The number of hydrogen-bond donors (Lipinski definition) is 0. The van der Waals surface area contributed by atoms with Crippen LogP contribution in [0, 0.1) is 11.6 Å². The summed E-state index contributed by atoms with van der Waals surface area (Å²) in [5.74, 6) is -3.27. The fraction of sp³-hybridized carbons (Fsp3) is 0.0556. The number of esters is 1. The van der Waals surface area contributed by atoms with Crippen molar-refractivity contribution in [2.45, 2.75) is 0 Å². The second-order valence-electron chi connectivity index (χ2n) is 5.01. The molecule has 0 unspecified atom stereocenters. The number of aromatic nitrogens is 1. The molecule has 0 aliphatic rings. The SMILES string of the molecule is O=C(OCC(=O)c1cc(F)ccc1F)c1ccc2ccccc2n1. The summed E-state index contributed by atoms with van der Waals surface area (Å²) in [6.45, 7) is -0.701. The van der Waals surface area contributed by atoms with Gasteiger partial charge in [0, 0.05) is 5.39 Å². The lowest BCUT2D eigenvalue weighted by Gasteiger charge is -2.06. The Hall–Kier alpha value is -3.15. The maximum Gasteiger partial charge on any atom is 0.357 e. The minimum Gasteiger partial charge on any atom is -0.453 e. The third kappa shape index (κ3) is 3.27. The number of Topliss-reactive ketones (excluding diaryl/α,β-unsaturated/α-hetero) is 1. The maximum atomic E-state index is 13.5. The molecule has 0 aliphatic heterocycles. The highest BCUT2D eigenvalue weighted by Crippen LogP contribution is 2.13. The molecule has 24 heavy (non-hydrogen) atoms. The van der Waals surface area contributed by atoms with E-state index in [0.29, 0.717) is 5.52 Å². The average molecular weight is 327 g/mol. The molecule has 0 amide bonds. The number of ketones is 1. The van der Waals surface area contributed by atoms with E-state index in [2.05, 4.69) is 4.98 Å². The highest BCUT2D eigenvalue weighted by atomic mass is 19.1. The summed E-state index contributed by atoms with van der Waals surface area (Å²) in [6.07, 6.45) is 0. The minimum absolute atomic E-state index is 0.0289. The lowest BCUT2D eigenvalue weighted by atomic mass is 10.1. The number of hydrogen-bond acceptors (Lipinski definition) is 4. The molecule has 0 saturated carbocycles. The van der Waals surface area contributed by atoms with Gasteiger partial charge in [0.2, 0.25) is 5.78 Å². The van der Waals surface area contributed by atoms with Crippen molar-refractivity contribution in [2.24, 2.45) is 0 Å². The molecule has 0 aliphatic carbocycles. The molecule has 2 aromatic carbocycles. The van der Waals surface area contributed by atoms with Gasteiger partial charge in [0.1, 0.15) is 17.3 Å². The van der Waals surface area contributed by atoms with Gasteiger partial charge in [-0.2, -0.15) is 0 Å². The largest absolute Gasteiger partial charge is 0.453 e. The number of fused-ring (bicyclic) bond motifs is 1. The van der Waals surface area contributed by atoms with Gasteiger partial charge in [-0.3, -0.25) is 4.79 Å². The highest BCUT2D eigenvalue weighted by Gasteiger charge is 2.16. The molecule has 3 rings (SSSR count). The molecule has 1 aromatic heterocycles. The van der Waals surface area contributed by atoms with Crippen LogP contribution in [0.3, 0.4) is 0 Å². The van der Waals surface area contributed by atoms with Crippen LogP contribution in [0.25, 0.3) is 10.9 Å². The van der Waals surface area contributed by atoms with Crippen molar-refractivity contribution in [1.29, 1.82) is 0 Å². The second kappa shape index (κ2) is 6.54. The van der Waals surface area contributed by atoms with Gasteiger partial charge in [-0.05, 0) is 30.3 Å². The van der Waals surface area contributed by atoms with Crippen LogP contribution in [0.15, 0.2) is 54.6 Å². The number of ether oxygens (including phenoxy) is 1. The van der Waals surface area contributed by atoms with Crippen molar-refractivity contribution in [3.63, 3.8) is 0 Å². The first-order valence-electron chi connectivity index (χ1n) is 7.06. The lowest BCUT2D eigenvalue weighted by molar-refractivity contribution is 0.0468. The van der Waals surface area contributed by atoms with Crippen LogP contribution in [-0.2, 0) is 4.74 Å². The minimum atomic E-state index is -0.874. The summed E-state index contributed by atoms with van der Waals surface area (Å²) in [5, 5.41) is 0.854. The Morgan fingerprint density at radius 2 is 1.79 bits per heavy atom. The summed E-state index contributed by atoms with van der Waals surface area (Å²) < 4.78 is 31.4. The highest BCUT2D eigenvalue weighted by molar-refractivity contribution is 5.99. The molecule has 120 valence electrons. The van der Waals surface area contributed by atoms with Crippen LogP contribution in [0.4, 0.5) is 8.78 Å². The number of benzene rings is 2. The van der Waals surface area contributed by atoms with Crippen LogP contribution in [0.5, 0.6) is 0 Å². The Labute approximate surface area is 135 Å². The summed E-state index contributed by atoms with van der Waals surface area (Å²) in [6, 6.07) is 12.9. The Bertz CT molecular complexity index is 940. The van der Waals surface area contributed by atoms with Crippen molar-refractivity contribution in [2.75, 3.05) is 6.61 Å². The first kappa shape index (κ1) is 15.7. The third-order valence-corrected chi connectivity index (χ3v) is 3.37. The van der Waals surface area contributed by atoms with Crippen molar-refractivity contribution in [3.8, 4) is 0 Å². The van der Waals surface area contributed by atoms with E-state index in [9.17, 15) is 18.4 Å². The Morgan fingerprint density at radius 1 is 1.00 bits per heavy atom. The van der Waals surface area contributed by atoms with E-state index in [1.54, 1.807) is 18.2 Å². The van der Waals surface area contributed by atoms with Crippen LogP contribution in [0.1, 0.15) is 20.8 Å². The van der Waals surface area contributed by atoms with Crippen LogP contribution >= 0.6 is 0 Å². The van der Waals surface area contributed by atoms with E-state index in [4.69, 9.17) is 4.74 Å². The van der Waals surface area contributed by atoms with E-state index in [1.807, 2.05) is 12.1 Å². The number of rotatable bonds is 4. The van der Waals surface area contributed by atoms with E-state index < -0.39 is 35.6 Å². The molecule has 0 atom stereocenters. The van der Waals surface area contributed by atoms with Gasteiger partial charge in [0.15, 0.2) is 6.61 Å². The molecule has 0 fully saturated rings. The van der Waals surface area contributed by atoms with Gasteiger partial charge in [0.05, 0.1) is 11.1 Å². The molecule has 0 radical (unpaired) electrons. The van der Waals surface area contributed by atoms with Crippen LogP contribution in [-0.4, -0.2) is 23.3 Å². The summed E-state index contributed by atoms with van der Waals surface area (Å²) in [7, 11) is 0. The van der Waals surface area contributed by atoms with Crippen LogP contribution in [0.2, 0.25) is 0 Å². The van der Waals surface area contributed by atoms with E-state index in [-0.39, 0.29) is 5.69 Å². The van der Waals surface area contributed by atoms with E-state index >= 15 is 0 Å². The fourth-order valence-corrected chi connectivity index (χ4v) is 2.17. The Balaban J connectivity index is 1.72. The monoisotopic (exact) mass is 327 g/mol. The smallest absolute Gasteiger partial charge is 0.357 e. The molecule has 0 saturated heterocycles. The zero-order chi connectivity index (χ0) is 17.1. The van der Waals surface area contributed by atoms with Gasteiger partial charge in [-0.1, -0.05) is 24.3 Å². The maximum absolute atomic E-state index is 13.5. The summed E-state index contributed by atoms with van der Waals surface area (Å²) >= 11 is 0. The number of carbonyl (C=O) groups is 2. The molecular formula is C18H11F2NO3. The standard InChI is InChI=1S/C18H11F2NO3/c19-12-6-7-14(20)13(9-12)17(22)10-24-18(23)16-8-5-11-3-1-2-4-15(11)21-16/h1-9H,10H2. The Morgan fingerprint density at radius 3 is 2.62 bits per heavy atom. The van der Waals surface area contributed by atoms with Gasteiger partial charge < -0.3 is 4.74 Å². The second-order valence-corrected chi connectivity index (χ2v) is 5.01. The van der Waals surface area contributed by atoms with Gasteiger partial charge in [0.25, 0.3) is 0 Å². The quantitative estimate of drug-likeness (QED) is 0.543. The van der Waals surface area contributed by atoms with Crippen molar-refractivity contribution in [3.05, 3.63) is 77.5 Å². The molecule has 4 nitrogen and oxygen atoms in total. The Kier molecular flexibility index (Phi) is 4.29. The van der Waals surface area contributed by atoms with Crippen molar-refractivity contribution >= 4 is 22.7 Å². The first-order chi connectivity index (χ1) is 11.5. The zero-order valence-electron chi connectivity index (χ0n) is 12.3. The molecule has 0 spiro atoms.